The summed E-state index contributed by atoms with van der Waals surface area (Å²) < 4.78 is 26.5. The van der Waals surface area contributed by atoms with Crippen molar-refractivity contribution in [3.05, 3.63) is 88.2 Å². The van der Waals surface area contributed by atoms with Gasteiger partial charge in [0.15, 0.2) is 0 Å². The second-order valence-corrected chi connectivity index (χ2v) is 18.9. The van der Waals surface area contributed by atoms with Gasteiger partial charge in [-0.25, -0.2) is 27.4 Å². The number of aromatic nitrogens is 6. The van der Waals surface area contributed by atoms with Crippen molar-refractivity contribution in [3.8, 4) is 0 Å². The maximum absolute atomic E-state index is 8.55. The van der Waals surface area contributed by atoms with Gasteiger partial charge in [0.2, 0.25) is 0 Å². The van der Waals surface area contributed by atoms with Gasteiger partial charge in [0, 0.05) is 54.5 Å². The van der Waals surface area contributed by atoms with Crippen molar-refractivity contribution in [2.75, 3.05) is 0 Å². The number of imidazole rings is 3. The van der Waals surface area contributed by atoms with Crippen LogP contribution >= 0.6 is 77.1 Å². The lowest BCUT2D eigenvalue weighted by molar-refractivity contribution is -0.730. The average molecular weight is 855 g/mol. The topological polar surface area (TPSA) is 113 Å². The van der Waals surface area contributed by atoms with Gasteiger partial charge in [0.05, 0.1) is 53.4 Å². The molecule has 10 nitrogen and oxygen atoms in total. The zero-order chi connectivity index (χ0) is 39.1. The first-order valence-corrected chi connectivity index (χ1v) is 23.9. The van der Waals surface area contributed by atoms with E-state index >= 15 is 0 Å². The molecule has 0 aliphatic heterocycles. The first-order valence-electron chi connectivity index (χ1n) is 17.4. The molecule has 0 amide bonds. The highest BCUT2D eigenvalue weighted by atomic mass is 32.2. The third kappa shape index (κ3) is 13.9. The molecule has 17 heteroatoms. The van der Waals surface area contributed by atoms with Crippen LogP contribution in [-0.4, -0.2) is 13.7 Å². The molecule has 0 bridgehead atoms. The second-order valence-electron chi connectivity index (χ2n) is 11.4. The standard InChI is InChI=1S/3C12H17N2S2.H3O4P/c3*1-4-10-9-14(5-2)12(13(10)3)16-11-7-6-8-15-11;1-5(2,3)4/h3*6-9H,4-5H2,1-3H3;(H3,1,2,3,4)/q3*+1;/p-3. The van der Waals surface area contributed by atoms with Crippen molar-refractivity contribution in [2.45, 2.75) is 109 Å². The van der Waals surface area contributed by atoms with Crippen LogP contribution in [0, 0.1) is 0 Å². The van der Waals surface area contributed by atoms with Crippen LogP contribution in [0.15, 0.2) is 99.2 Å². The summed E-state index contributed by atoms with van der Waals surface area (Å²) in [7, 11) is 1.07. The van der Waals surface area contributed by atoms with Gasteiger partial charge >= 0.3 is 15.5 Å². The van der Waals surface area contributed by atoms with Crippen LogP contribution in [0.2, 0.25) is 0 Å². The zero-order valence-corrected chi connectivity index (χ0v) is 37.7. The third-order valence-corrected chi connectivity index (χ3v) is 14.7. The predicted molar refractivity (Wildman–Crippen MR) is 215 cm³/mol. The van der Waals surface area contributed by atoms with E-state index < -0.39 is 7.82 Å². The summed E-state index contributed by atoms with van der Waals surface area (Å²) in [5.74, 6) is 0. The van der Waals surface area contributed by atoms with E-state index in [1.54, 1.807) is 34.0 Å². The molecule has 0 saturated heterocycles. The minimum absolute atomic E-state index is 1.03. The molecule has 53 heavy (non-hydrogen) atoms. The molecule has 6 aromatic rings. The Balaban J connectivity index is 0.000000201. The molecule has 6 aromatic heterocycles. The summed E-state index contributed by atoms with van der Waals surface area (Å²) in [6.07, 6.45) is 10.0. The van der Waals surface area contributed by atoms with Crippen LogP contribution in [0.25, 0.3) is 0 Å². The van der Waals surface area contributed by atoms with Gasteiger partial charge in [0.25, 0.3) is 0 Å². The van der Waals surface area contributed by atoms with E-state index in [1.165, 1.54) is 45.2 Å². The van der Waals surface area contributed by atoms with Crippen molar-refractivity contribution in [1.82, 2.24) is 13.7 Å². The molecule has 0 aliphatic carbocycles. The predicted octanol–water partition coefficient (Wildman–Crippen LogP) is 6.50. The molecule has 0 saturated carbocycles. The number of hydrogen-bond donors (Lipinski definition) is 0. The van der Waals surface area contributed by atoms with Crippen LogP contribution in [0.3, 0.4) is 0 Å². The Hall–Kier alpha value is -2.11. The number of nitrogens with zero attached hydrogens (tertiary/aromatic N) is 6. The zero-order valence-electron chi connectivity index (χ0n) is 31.9. The molecule has 0 spiro atoms. The van der Waals surface area contributed by atoms with E-state index in [0.29, 0.717) is 0 Å². The van der Waals surface area contributed by atoms with Crippen molar-refractivity contribution in [1.29, 1.82) is 0 Å². The van der Waals surface area contributed by atoms with Crippen molar-refractivity contribution >= 4 is 77.1 Å². The fourth-order valence-electron chi connectivity index (χ4n) is 5.19. The van der Waals surface area contributed by atoms with E-state index in [2.05, 4.69) is 161 Å². The summed E-state index contributed by atoms with van der Waals surface area (Å²) >= 11 is 11.0. The Morgan fingerprint density at radius 3 is 0.962 bits per heavy atom. The van der Waals surface area contributed by atoms with Crippen LogP contribution in [0.4, 0.5) is 0 Å². The van der Waals surface area contributed by atoms with Crippen molar-refractivity contribution < 1.29 is 32.9 Å². The summed E-state index contributed by atoms with van der Waals surface area (Å²) in [6.45, 7) is 16.3. The first kappa shape index (κ1) is 45.3. The monoisotopic (exact) mass is 854 g/mol. The number of aryl methyl sites for hydroxylation is 6. The van der Waals surface area contributed by atoms with Gasteiger partial charge in [-0.3, -0.25) is 0 Å². The number of rotatable bonds is 12. The summed E-state index contributed by atoms with van der Waals surface area (Å²) in [4.78, 5) is 25.6. The highest BCUT2D eigenvalue weighted by molar-refractivity contribution is 8.01. The summed E-state index contributed by atoms with van der Waals surface area (Å²) in [6, 6.07) is 12.8. The summed E-state index contributed by atoms with van der Waals surface area (Å²) in [5.41, 5.74) is 4.17. The number of hydrogen-bond acceptors (Lipinski definition) is 10. The lowest BCUT2D eigenvalue weighted by atomic mass is 10.4. The van der Waals surface area contributed by atoms with E-state index in [0.717, 1.165) is 38.9 Å². The fraction of sp³-hybridized carbons (Fsp3) is 0.417. The maximum Gasteiger partial charge on any atom is 0.323 e. The Bertz CT molecular complexity index is 1760. The van der Waals surface area contributed by atoms with Gasteiger partial charge in [0.1, 0.15) is 35.7 Å². The Morgan fingerprint density at radius 2 is 0.792 bits per heavy atom. The van der Waals surface area contributed by atoms with Crippen LogP contribution < -0.4 is 28.4 Å². The summed E-state index contributed by atoms with van der Waals surface area (Å²) in [5, 5.41) is 10.3. The van der Waals surface area contributed by atoms with E-state index in [-0.39, 0.29) is 0 Å². The SMILES string of the molecule is CCc1c[n+](CC)c(Sc2cccs2)n1C.CCc1c[n+](CC)c(Sc2cccs2)n1C.CCc1c[n+](CC)c(Sc2cccs2)n1C.O=P([O-])([O-])[O-]. The van der Waals surface area contributed by atoms with Crippen LogP contribution in [0.1, 0.15) is 58.6 Å². The molecule has 0 unspecified atom stereocenters. The highest BCUT2D eigenvalue weighted by Crippen LogP contribution is 2.31. The Morgan fingerprint density at radius 1 is 0.547 bits per heavy atom. The maximum atomic E-state index is 8.55. The highest BCUT2D eigenvalue weighted by Gasteiger charge is 2.22. The molecule has 0 aromatic carbocycles. The Labute approximate surface area is 339 Å². The quantitative estimate of drug-likeness (QED) is 0.102. The lowest BCUT2D eigenvalue weighted by Gasteiger charge is -2.36. The smallest absolute Gasteiger partial charge is 0.323 e. The average Bonchev–Trinajstić information content (AvgIpc) is 4.00. The molecule has 6 rings (SSSR count). The number of phosphoric acid groups is 1. The van der Waals surface area contributed by atoms with Crippen molar-refractivity contribution in [2.24, 2.45) is 21.1 Å². The molecule has 0 aliphatic rings. The largest absolute Gasteiger partial charge is 0.822 e. The lowest BCUT2D eigenvalue weighted by Crippen LogP contribution is -2.32. The third-order valence-electron chi connectivity index (χ3n) is 7.97. The normalized spacial score (nSPS) is 11.0. The van der Waals surface area contributed by atoms with Gasteiger partial charge in [-0.1, -0.05) is 39.0 Å². The molecule has 290 valence electrons. The molecule has 0 fully saturated rings. The minimum atomic E-state index is -5.39. The van der Waals surface area contributed by atoms with Gasteiger partial charge < -0.3 is 19.2 Å². The van der Waals surface area contributed by atoms with Gasteiger partial charge in [-0.15, -0.1) is 34.0 Å². The fourth-order valence-corrected chi connectivity index (χ4v) is 10.9. The molecule has 0 radical (unpaired) electrons. The van der Waals surface area contributed by atoms with Crippen molar-refractivity contribution in [3.63, 3.8) is 0 Å². The molecular weight excluding hydrogens is 804 g/mol. The molecule has 6 heterocycles. The van der Waals surface area contributed by atoms with Crippen LogP contribution in [-0.2, 0) is 64.6 Å². The van der Waals surface area contributed by atoms with E-state index in [1.807, 2.05) is 35.3 Å². The molecular formula is C36H51N6O4PS6. The van der Waals surface area contributed by atoms with Gasteiger partial charge in [-0.2, -0.15) is 7.82 Å². The Kier molecular flexibility index (Phi) is 19.2. The van der Waals surface area contributed by atoms with Gasteiger partial charge in [-0.05, 0) is 55.1 Å². The first-order chi connectivity index (χ1) is 25.3. The molecule has 0 atom stereocenters. The van der Waals surface area contributed by atoms with E-state index in [9.17, 15) is 0 Å². The van der Waals surface area contributed by atoms with E-state index in [4.69, 9.17) is 19.2 Å². The minimum Gasteiger partial charge on any atom is -0.822 e. The molecule has 0 N–H and O–H groups in total. The van der Waals surface area contributed by atoms with Crippen LogP contribution in [0.5, 0.6) is 0 Å². The second kappa shape index (κ2) is 22.4. The number of thiophene rings is 3.